The minimum absolute atomic E-state index is 0.0760. The summed E-state index contributed by atoms with van der Waals surface area (Å²) in [6.45, 7) is 6.11. The van der Waals surface area contributed by atoms with Crippen LogP contribution in [0.2, 0.25) is 0 Å². The first-order chi connectivity index (χ1) is 8.24. The largest absolute Gasteiger partial charge is 0.355 e. The molecule has 0 aliphatic heterocycles. The highest BCUT2D eigenvalue weighted by molar-refractivity contribution is 5.77. The van der Waals surface area contributed by atoms with E-state index in [4.69, 9.17) is 0 Å². The second-order valence-electron chi connectivity index (χ2n) is 4.23. The third-order valence-electron chi connectivity index (χ3n) is 2.71. The van der Waals surface area contributed by atoms with E-state index in [2.05, 4.69) is 36.6 Å². The highest BCUT2D eigenvalue weighted by atomic mass is 16.1. The van der Waals surface area contributed by atoms with E-state index in [0.29, 0.717) is 6.54 Å². The van der Waals surface area contributed by atoms with E-state index >= 15 is 0 Å². The topological polar surface area (TPSA) is 41.1 Å². The molecule has 0 aliphatic carbocycles. The predicted molar refractivity (Wildman–Crippen MR) is 70.8 cm³/mol. The van der Waals surface area contributed by atoms with Gasteiger partial charge < -0.3 is 10.6 Å². The van der Waals surface area contributed by atoms with Crippen molar-refractivity contribution in [2.75, 3.05) is 13.1 Å². The molecule has 0 spiro atoms. The highest BCUT2D eigenvalue weighted by Gasteiger charge is 2.00. The molecule has 0 saturated carbocycles. The standard InChI is InChI=1S/C14H22N2O/c1-3-4-9-16-14(17)11-15-10-13-8-6-5-7-12(13)2/h5-8,15H,3-4,9-11H2,1-2H3,(H,16,17). The van der Waals surface area contributed by atoms with Crippen molar-refractivity contribution in [3.63, 3.8) is 0 Å². The van der Waals surface area contributed by atoms with Crippen LogP contribution < -0.4 is 10.6 Å². The summed E-state index contributed by atoms with van der Waals surface area (Å²) in [5.41, 5.74) is 2.50. The molecule has 17 heavy (non-hydrogen) atoms. The third-order valence-corrected chi connectivity index (χ3v) is 2.71. The lowest BCUT2D eigenvalue weighted by Gasteiger charge is -2.08. The van der Waals surface area contributed by atoms with Gasteiger partial charge in [0.25, 0.3) is 0 Å². The predicted octanol–water partition coefficient (Wildman–Crippen LogP) is 2.00. The molecule has 0 radical (unpaired) electrons. The van der Waals surface area contributed by atoms with E-state index < -0.39 is 0 Å². The maximum absolute atomic E-state index is 11.4. The molecule has 0 aromatic heterocycles. The fraction of sp³-hybridized carbons (Fsp3) is 0.500. The summed E-state index contributed by atoms with van der Waals surface area (Å²) in [4.78, 5) is 11.4. The van der Waals surface area contributed by atoms with Gasteiger partial charge in [0.1, 0.15) is 0 Å². The minimum Gasteiger partial charge on any atom is -0.355 e. The van der Waals surface area contributed by atoms with E-state index in [1.54, 1.807) is 0 Å². The van der Waals surface area contributed by atoms with Crippen LogP contribution in [0, 0.1) is 6.92 Å². The first-order valence-corrected chi connectivity index (χ1v) is 6.26. The van der Waals surface area contributed by atoms with Crippen molar-refractivity contribution in [1.82, 2.24) is 10.6 Å². The number of amides is 1. The number of hydrogen-bond donors (Lipinski definition) is 2. The zero-order valence-corrected chi connectivity index (χ0v) is 10.8. The van der Waals surface area contributed by atoms with Crippen LogP contribution >= 0.6 is 0 Å². The quantitative estimate of drug-likeness (QED) is 0.708. The Kier molecular flexibility index (Phi) is 6.33. The van der Waals surface area contributed by atoms with Crippen molar-refractivity contribution in [2.24, 2.45) is 0 Å². The first-order valence-electron chi connectivity index (χ1n) is 6.26. The van der Waals surface area contributed by atoms with Crippen LogP contribution in [0.15, 0.2) is 24.3 Å². The van der Waals surface area contributed by atoms with Crippen LogP contribution in [0.3, 0.4) is 0 Å². The number of carbonyl (C=O) groups excluding carboxylic acids is 1. The Hall–Kier alpha value is -1.35. The lowest BCUT2D eigenvalue weighted by Crippen LogP contribution is -2.34. The molecule has 1 aromatic rings. The van der Waals surface area contributed by atoms with Crippen LogP contribution in [0.1, 0.15) is 30.9 Å². The molecule has 0 atom stereocenters. The van der Waals surface area contributed by atoms with Crippen LogP contribution in [0.25, 0.3) is 0 Å². The maximum atomic E-state index is 11.4. The number of aryl methyl sites for hydroxylation is 1. The molecular weight excluding hydrogens is 212 g/mol. The molecule has 0 heterocycles. The van der Waals surface area contributed by atoms with Crippen LogP contribution in [0.5, 0.6) is 0 Å². The van der Waals surface area contributed by atoms with Gasteiger partial charge in [-0.15, -0.1) is 0 Å². The summed E-state index contributed by atoms with van der Waals surface area (Å²) in [6, 6.07) is 8.21. The molecule has 1 aromatic carbocycles. The molecule has 3 heteroatoms. The Bertz CT molecular complexity index is 350. The highest BCUT2D eigenvalue weighted by Crippen LogP contribution is 2.05. The van der Waals surface area contributed by atoms with E-state index in [0.717, 1.165) is 25.9 Å². The number of hydrogen-bond acceptors (Lipinski definition) is 2. The van der Waals surface area contributed by atoms with Gasteiger partial charge in [0.15, 0.2) is 0 Å². The van der Waals surface area contributed by atoms with Crippen molar-refractivity contribution >= 4 is 5.91 Å². The van der Waals surface area contributed by atoms with Crippen molar-refractivity contribution in [3.05, 3.63) is 35.4 Å². The summed E-state index contributed by atoms with van der Waals surface area (Å²) in [5, 5.41) is 6.04. The summed E-state index contributed by atoms with van der Waals surface area (Å²) >= 11 is 0. The van der Waals surface area contributed by atoms with Crippen molar-refractivity contribution < 1.29 is 4.79 Å². The normalized spacial score (nSPS) is 10.2. The Morgan fingerprint density at radius 2 is 2.06 bits per heavy atom. The smallest absolute Gasteiger partial charge is 0.233 e. The average molecular weight is 234 g/mol. The lowest BCUT2D eigenvalue weighted by molar-refractivity contribution is -0.120. The minimum atomic E-state index is 0.0760. The summed E-state index contributed by atoms with van der Waals surface area (Å²) in [6.07, 6.45) is 2.15. The number of rotatable bonds is 7. The third kappa shape index (κ3) is 5.50. The molecule has 1 amide bonds. The van der Waals surface area contributed by atoms with Crippen molar-refractivity contribution in [3.8, 4) is 0 Å². The molecule has 0 bridgehead atoms. The fourth-order valence-electron chi connectivity index (χ4n) is 1.59. The monoisotopic (exact) mass is 234 g/mol. The number of carbonyl (C=O) groups is 1. The van der Waals surface area contributed by atoms with Crippen molar-refractivity contribution in [1.29, 1.82) is 0 Å². The van der Waals surface area contributed by atoms with E-state index in [1.165, 1.54) is 11.1 Å². The molecule has 0 saturated heterocycles. The molecule has 1 rings (SSSR count). The molecule has 0 unspecified atom stereocenters. The fourth-order valence-corrected chi connectivity index (χ4v) is 1.59. The molecule has 0 aliphatic rings. The van der Waals surface area contributed by atoms with Gasteiger partial charge in [-0.05, 0) is 24.5 Å². The maximum Gasteiger partial charge on any atom is 0.233 e. The van der Waals surface area contributed by atoms with Gasteiger partial charge in [-0.1, -0.05) is 37.6 Å². The Balaban J connectivity index is 2.19. The first kappa shape index (κ1) is 13.7. The Morgan fingerprint density at radius 3 is 2.76 bits per heavy atom. The Labute approximate surface area is 104 Å². The molecule has 2 N–H and O–H groups in total. The summed E-state index contributed by atoms with van der Waals surface area (Å²) in [7, 11) is 0. The van der Waals surface area contributed by atoms with Crippen LogP contribution in [-0.2, 0) is 11.3 Å². The summed E-state index contributed by atoms with van der Waals surface area (Å²) < 4.78 is 0. The number of unbranched alkanes of at least 4 members (excludes halogenated alkanes) is 1. The zero-order chi connectivity index (χ0) is 12.5. The Morgan fingerprint density at radius 1 is 1.29 bits per heavy atom. The van der Waals surface area contributed by atoms with Crippen LogP contribution in [0.4, 0.5) is 0 Å². The van der Waals surface area contributed by atoms with Gasteiger partial charge in [0, 0.05) is 13.1 Å². The van der Waals surface area contributed by atoms with E-state index in [9.17, 15) is 4.79 Å². The lowest BCUT2D eigenvalue weighted by atomic mass is 10.1. The summed E-state index contributed by atoms with van der Waals surface area (Å²) in [5.74, 6) is 0.0760. The SMILES string of the molecule is CCCCNC(=O)CNCc1ccccc1C. The van der Waals surface area contributed by atoms with Gasteiger partial charge >= 0.3 is 0 Å². The van der Waals surface area contributed by atoms with E-state index in [1.807, 2.05) is 12.1 Å². The van der Waals surface area contributed by atoms with Gasteiger partial charge in [-0.25, -0.2) is 0 Å². The van der Waals surface area contributed by atoms with Gasteiger partial charge in [-0.2, -0.15) is 0 Å². The molecule has 94 valence electrons. The van der Waals surface area contributed by atoms with Crippen LogP contribution in [-0.4, -0.2) is 19.0 Å². The second kappa shape index (κ2) is 7.85. The second-order valence-corrected chi connectivity index (χ2v) is 4.23. The number of nitrogens with one attached hydrogen (secondary N) is 2. The van der Waals surface area contributed by atoms with Gasteiger partial charge in [0.2, 0.25) is 5.91 Å². The van der Waals surface area contributed by atoms with Gasteiger partial charge in [-0.3, -0.25) is 4.79 Å². The average Bonchev–Trinajstić information content (AvgIpc) is 2.32. The zero-order valence-electron chi connectivity index (χ0n) is 10.8. The van der Waals surface area contributed by atoms with Crippen molar-refractivity contribution in [2.45, 2.75) is 33.2 Å². The molecule has 0 fully saturated rings. The molecular formula is C14H22N2O. The molecule has 3 nitrogen and oxygen atoms in total. The van der Waals surface area contributed by atoms with E-state index in [-0.39, 0.29) is 5.91 Å². The number of benzene rings is 1. The van der Waals surface area contributed by atoms with Gasteiger partial charge in [0.05, 0.1) is 6.54 Å².